The Morgan fingerprint density at radius 3 is 2.53 bits per heavy atom. The number of fused-ring (bicyclic) bond motifs is 1. The zero-order valence-corrected chi connectivity index (χ0v) is 9.21. The number of rotatable bonds is 2. The fraction of sp³-hybridized carbons (Fsp3) is 0. The second kappa shape index (κ2) is 4.26. The van der Waals surface area contributed by atoms with E-state index in [1.807, 2.05) is 60.8 Å². The number of ether oxygens (including phenoxy) is 1. The van der Waals surface area contributed by atoms with Crippen LogP contribution < -0.4 is 4.74 Å². The molecule has 3 aromatic rings. The molecule has 0 amide bonds. The first-order valence-corrected chi connectivity index (χ1v) is 5.48. The SMILES string of the molecule is c1ccc(Oc2ccc3cnccc3c2)cc1. The number of hydrogen-bond donors (Lipinski definition) is 0. The molecule has 3 rings (SSSR count). The number of pyridine rings is 1. The molecule has 2 aromatic carbocycles. The highest BCUT2D eigenvalue weighted by atomic mass is 16.5. The van der Waals surface area contributed by atoms with E-state index in [9.17, 15) is 0 Å². The summed E-state index contributed by atoms with van der Waals surface area (Å²) in [6.45, 7) is 0. The third kappa shape index (κ3) is 2.11. The molecule has 0 unspecified atom stereocenters. The van der Waals surface area contributed by atoms with Gasteiger partial charge >= 0.3 is 0 Å². The van der Waals surface area contributed by atoms with E-state index in [1.54, 1.807) is 6.20 Å². The van der Waals surface area contributed by atoms with Gasteiger partial charge in [-0.3, -0.25) is 4.98 Å². The molecule has 0 atom stereocenters. The maximum atomic E-state index is 5.77. The molecule has 1 heterocycles. The summed E-state index contributed by atoms with van der Waals surface area (Å²) in [7, 11) is 0. The van der Waals surface area contributed by atoms with Crippen LogP contribution in [0.25, 0.3) is 10.8 Å². The summed E-state index contributed by atoms with van der Waals surface area (Å²) in [5, 5.41) is 2.25. The van der Waals surface area contributed by atoms with Gasteiger partial charge in [-0.25, -0.2) is 0 Å². The van der Waals surface area contributed by atoms with Crippen LogP contribution in [0, 0.1) is 0 Å². The van der Waals surface area contributed by atoms with Gasteiger partial charge in [0.05, 0.1) is 0 Å². The van der Waals surface area contributed by atoms with Crippen molar-refractivity contribution in [3.05, 3.63) is 67.0 Å². The van der Waals surface area contributed by atoms with Crippen LogP contribution in [-0.2, 0) is 0 Å². The van der Waals surface area contributed by atoms with Crippen LogP contribution >= 0.6 is 0 Å². The van der Waals surface area contributed by atoms with E-state index in [0.29, 0.717) is 0 Å². The van der Waals surface area contributed by atoms with E-state index >= 15 is 0 Å². The molecule has 0 fully saturated rings. The van der Waals surface area contributed by atoms with Crippen LogP contribution in [0.15, 0.2) is 67.0 Å². The number of aromatic nitrogens is 1. The second-order valence-electron chi connectivity index (χ2n) is 3.80. The summed E-state index contributed by atoms with van der Waals surface area (Å²) in [5.74, 6) is 1.69. The molecular formula is C15H11NO. The quantitative estimate of drug-likeness (QED) is 0.651. The van der Waals surface area contributed by atoms with Crippen molar-refractivity contribution in [3.63, 3.8) is 0 Å². The van der Waals surface area contributed by atoms with Gasteiger partial charge < -0.3 is 4.74 Å². The highest BCUT2D eigenvalue weighted by molar-refractivity contribution is 5.82. The zero-order valence-electron chi connectivity index (χ0n) is 9.21. The van der Waals surface area contributed by atoms with Gasteiger partial charge in [0.15, 0.2) is 0 Å². The van der Waals surface area contributed by atoms with E-state index in [-0.39, 0.29) is 0 Å². The van der Waals surface area contributed by atoms with E-state index < -0.39 is 0 Å². The van der Waals surface area contributed by atoms with Crippen molar-refractivity contribution in [2.24, 2.45) is 0 Å². The van der Waals surface area contributed by atoms with Crippen molar-refractivity contribution in [2.45, 2.75) is 0 Å². The lowest BCUT2D eigenvalue weighted by Crippen LogP contribution is -1.83. The average Bonchev–Trinajstić information content (AvgIpc) is 2.40. The highest BCUT2D eigenvalue weighted by Crippen LogP contribution is 2.24. The fourth-order valence-electron chi connectivity index (χ4n) is 1.75. The Bertz CT molecular complexity index is 635. The van der Waals surface area contributed by atoms with Crippen LogP contribution in [0.3, 0.4) is 0 Å². The van der Waals surface area contributed by atoms with Gasteiger partial charge in [-0.05, 0) is 41.8 Å². The molecule has 0 saturated carbocycles. The van der Waals surface area contributed by atoms with Crippen molar-refractivity contribution < 1.29 is 4.74 Å². The average molecular weight is 221 g/mol. The van der Waals surface area contributed by atoms with Crippen LogP contribution in [0.1, 0.15) is 0 Å². The Morgan fingerprint density at radius 1 is 0.765 bits per heavy atom. The third-order valence-electron chi connectivity index (χ3n) is 2.59. The van der Waals surface area contributed by atoms with Gasteiger partial charge in [0.1, 0.15) is 11.5 Å². The minimum Gasteiger partial charge on any atom is -0.457 e. The Balaban J connectivity index is 1.96. The number of para-hydroxylation sites is 1. The minimum absolute atomic E-state index is 0.843. The largest absolute Gasteiger partial charge is 0.457 e. The lowest BCUT2D eigenvalue weighted by molar-refractivity contribution is 0.483. The van der Waals surface area contributed by atoms with E-state index in [0.717, 1.165) is 22.3 Å². The molecule has 1 aromatic heterocycles. The molecule has 2 heteroatoms. The molecule has 0 radical (unpaired) electrons. The van der Waals surface area contributed by atoms with Crippen LogP contribution in [-0.4, -0.2) is 4.98 Å². The summed E-state index contributed by atoms with van der Waals surface area (Å²) in [5.41, 5.74) is 0. The van der Waals surface area contributed by atoms with E-state index in [1.165, 1.54) is 0 Å². The number of nitrogens with zero attached hydrogens (tertiary/aromatic N) is 1. The monoisotopic (exact) mass is 221 g/mol. The van der Waals surface area contributed by atoms with Gasteiger partial charge in [-0.15, -0.1) is 0 Å². The maximum Gasteiger partial charge on any atom is 0.128 e. The lowest BCUT2D eigenvalue weighted by Gasteiger charge is -2.06. The Kier molecular flexibility index (Phi) is 2.47. The second-order valence-corrected chi connectivity index (χ2v) is 3.80. The summed E-state index contributed by atoms with van der Waals surface area (Å²) >= 11 is 0. The molecule has 0 aliphatic carbocycles. The molecule has 0 bridgehead atoms. The molecule has 17 heavy (non-hydrogen) atoms. The Labute approximate surface area is 99.5 Å². The van der Waals surface area contributed by atoms with E-state index in [4.69, 9.17) is 4.74 Å². The minimum atomic E-state index is 0.843. The fourth-order valence-corrected chi connectivity index (χ4v) is 1.75. The molecule has 2 nitrogen and oxygen atoms in total. The van der Waals surface area contributed by atoms with Crippen molar-refractivity contribution in [1.29, 1.82) is 0 Å². The summed E-state index contributed by atoms with van der Waals surface area (Å²) in [4.78, 5) is 4.09. The van der Waals surface area contributed by atoms with Gasteiger partial charge in [0.25, 0.3) is 0 Å². The van der Waals surface area contributed by atoms with Crippen LogP contribution in [0.2, 0.25) is 0 Å². The molecule has 82 valence electrons. The predicted molar refractivity (Wildman–Crippen MR) is 68.3 cm³/mol. The molecule has 0 saturated heterocycles. The molecule has 0 spiro atoms. The highest BCUT2D eigenvalue weighted by Gasteiger charge is 1.98. The predicted octanol–water partition coefficient (Wildman–Crippen LogP) is 4.03. The van der Waals surface area contributed by atoms with Gasteiger partial charge in [-0.1, -0.05) is 18.2 Å². The summed E-state index contributed by atoms with van der Waals surface area (Å²) < 4.78 is 5.77. The molecule has 0 aliphatic heterocycles. The third-order valence-corrected chi connectivity index (χ3v) is 2.59. The van der Waals surface area contributed by atoms with Gasteiger partial charge in [0, 0.05) is 17.8 Å². The number of hydrogen-bond acceptors (Lipinski definition) is 2. The van der Waals surface area contributed by atoms with Crippen molar-refractivity contribution in [3.8, 4) is 11.5 Å². The first-order valence-electron chi connectivity index (χ1n) is 5.48. The first kappa shape index (κ1) is 9.85. The zero-order chi connectivity index (χ0) is 11.5. The Morgan fingerprint density at radius 2 is 1.65 bits per heavy atom. The van der Waals surface area contributed by atoms with Crippen LogP contribution in [0.5, 0.6) is 11.5 Å². The molecular weight excluding hydrogens is 210 g/mol. The number of benzene rings is 2. The Hall–Kier alpha value is -2.35. The maximum absolute atomic E-state index is 5.77. The van der Waals surface area contributed by atoms with E-state index in [2.05, 4.69) is 4.98 Å². The first-order chi connectivity index (χ1) is 8.42. The smallest absolute Gasteiger partial charge is 0.128 e. The molecule has 0 aliphatic rings. The van der Waals surface area contributed by atoms with Crippen LogP contribution in [0.4, 0.5) is 0 Å². The normalized spacial score (nSPS) is 10.4. The lowest BCUT2D eigenvalue weighted by atomic mass is 10.2. The van der Waals surface area contributed by atoms with Crippen molar-refractivity contribution >= 4 is 10.8 Å². The molecule has 0 N–H and O–H groups in total. The van der Waals surface area contributed by atoms with Gasteiger partial charge in [0.2, 0.25) is 0 Å². The standard InChI is InChI=1S/C15H11NO/c1-2-4-14(5-3-1)17-15-7-6-13-11-16-9-8-12(13)10-15/h1-11H. The van der Waals surface area contributed by atoms with Crippen molar-refractivity contribution in [1.82, 2.24) is 4.98 Å². The van der Waals surface area contributed by atoms with Crippen molar-refractivity contribution in [2.75, 3.05) is 0 Å². The van der Waals surface area contributed by atoms with Gasteiger partial charge in [-0.2, -0.15) is 0 Å². The topological polar surface area (TPSA) is 22.1 Å². The summed E-state index contributed by atoms with van der Waals surface area (Å²) in [6, 6.07) is 17.7. The summed E-state index contributed by atoms with van der Waals surface area (Å²) in [6.07, 6.45) is 3.64.